The van der Waals surface area contributed by atoms with Crippen molar-refractivity contribution in [3.8, 4) is 5.82 Å². The molecule has 0 bridgehead atoms. The van der Waals surface area contributed by atoms with Crippen LogP contribution in [0.25, 0.3) is 16.9 Å². The van der Waals surface area contributed by atoms with Gasteiger partial charge in [-0.3, -0.25) is 9.29 Å². The molecule has 0 radical (unpaired) electrons. The monoisotopic (exact) mass is 408 g/mol. The van der Waals surface area contributed by atoms with Gasteiger partial charge in [-0.1, -0.05) is 0 Å². The second-order valence-electron chi connectivity index (χ2n) is 5.83. The van der Waals surface area contributed by atoms with Gasteiger partial charge in [-0.25, -0.2) is 23.4 Å². The molecule has 2 heterocycles. The van der Waals surface area contributed by atoms with Crippen LogP contribution >= 0.6 is 11.6 Å². The van der Waals surface area contributed by atoms with E-state index in [1.165, 1.54) is 6.33 Å². The average Bonchev–Trinajstić information content (AvgIpc) is 3.06. The van der Waals surface area contributed by atoms with E-state index in [4.69, 9.17) is 11.6 Å². The Balaban J connectivity index is 2.01. The normalized spacial score (nSPS) is 11.7. The summed E-state index contributed by atoms with van der Waals surface area (Å²) in [6, 6.07) is 7.05. The summed E-state index contributed by atoms with van der Waals surface area (Å²) in [6.45, 7) is 5.81. The number of nitrogens with zero attached hydrogens (tertiary/aromatic N) is 5. The number of nitrogens with one attached hydrogen (secondary N) is 1. The van der Waals surface area contributed by atoms with Crippen molar-refractivity contribution >= 4 is 44.2 Å². The van der Waals surface area contributed by atoms with Crippen LogP contribution in [-0.2, 0) is 10.0 Å². The molecule has 8 nitrogen and oxygen atoms in total. The van der Waals surface area contributed by atoms with Crippen LogP contribution in [0.3, 0.4) is 0 Å². The molecule has 0 aliphatic rings. The summed E-state index contributed by atoms with van der Waals surface area (Å²) in [7, 11) is -3.48. The van der Waals surface area contributed by atoms with Crippen LogP contribution in [-0.4, -0.2) is 52.7 Å². The van der Waals surface area contributed by atoms with E-state index in [9.17, 15) is 8.42 Å². The fourth-order valence-corrected chi connectivity index (χ4v) is 4.18. The number of alkyl halides is 1. The lowest BCUT2D eigenvalue weighted by atomic mass is 10.3. The number of halogens is 1. The molecule has 3 rings (SSSR count). The summed E-state index contributed by atoms with van der Waals surface area (Å²) in [4.78, 5) is 15.2. The molecule has 0 fully saturated rings. The number of benzene rings is 1. The second kappa shape index (κ2) is 8.10. The topological polar surface area (TPSA) is 93.0 Å². The summed E-state index contributed by atoms with van der Waals surface area (Å²) in [5.74, 6) is 1.37. The zero-order valence-corrected chi connectivity index (χ0v) is 16.7. The molecule has 1 N–H and O–H groups in total. The van der Waals surface area contributed by atoms with Crippen LogP contribution in [0.4, 0.5) is 11.5 Å². The van der Waals surface area contributed by atoms with E-state index in [-0.39, 0.29) is 11.6 Å². The van der Waals surface area contributed by atoms with Crippen LogP contribution in [0.15, 0.2) is 36.9 Å². The molecule has 0 saturated carbocycles. The number of anilines is 2. The Hall–Kier alpha value is -2.39. The van der Waals surface area contributed by atoms with Gasteiger partial charge < -0.3 is 4.90 Å². The second-order valence-corrected chi connectivity index (χ2v) is 8.05. The summed E-state index contributed by atoms with van der Waals surface area (Å²) in [6.07, 6.45) is 3.18. The van der Waals surface area contributed by atoms with Gasteiger partial charge in [0.2, 0.25) is 10.0 Å². The first-order valence-electron chi connectivity index (χ1n) is 8.58. The molecular formula is C17H21ClN6O2S. The fraction of sp³-hybridized carbons (Fsp3) is 0.353. The molecule has 144 valence electrons. The highest BCUT2D eigenvalue weighted by Gasteiger charge is 2.13. The number of sulfonamides is 1. The van der Waals surface area contributed by atoms with Crippen LogP contribution in [0.2, 0.25) is 0 Å². The standard InChI is InChI=1S/C17H21ClN6O2S/c1-3-23(4-2)16-10-17(20-11-19-16)24-12-21-14-6-5-13(9-15(14)24)22-27(25,26)8-7-18/h5-6,9-12,22H,3-4,7-8H2,1-2H3. The summed E-state index contributed by atoms with van der Waals surface area (Å²) in [5, 5.41) is 0. The number of hydrogen-bond donors (Lipinski definition) is 1. The first-order chi connectivity index (χ1) is 13.0. The van der Waals surface area contributed by atoms with Gasteiger partial charge in [0.1, 0.15) is 24.3 Å². The number of rotatable bonds is 8. The number of hydrogen-bond acceptors (Lipinski definition) is 6. The molecule has 2 aromatic heterocycles. The van der Waals surface area contributed by atoms with Crippen molar-refractivity contribution < 1.29 is 8.42 Å². The van der Waals surface area contributed by atoms with Crippen LogP contribution in [0.1, 0.15) is 13.8 Å². The maximum atomic E-state index is 12.0. The van der Waals surface area contributed by atoms with Gasteiger partial charge in [0.15, 0.2) is 0 Å². The van der Waals surface area contributed by atoms with Crippen molar-refractivity contribution in [1.82, 2.24) is 19.5 Å². The Morgan fingerprint density at radius 1 is 1.15 bits per heavy atom. The molecular weight excluding hydrogens is 388 g/mol. The lowest BCUT2D eigenvalue weighted by Gasteiger charge is -2.19. The predicted octanol–water partition coefficient (Wildman–Crippen LogP) is 2.64. The van der Waals surface area contributed by atoms with Gasteiger partial charge >= 0.3 is 0 Å². The molecule has 27 heavy (non-hydrogen) atoms. The quantitative estimate of drug-likeness (QED) is 0.576. The minimum absolute atomic E-state index is 0.0323. The first-order valence-corrected chi connectivity index (χ1v) is 10.8. The van der Waals surface area contributed by atoms with Gasteiger partial charge in [0, 0.05) is 25.0 Å². The van der Waals surface area contributed by atoms with E-state index in [0.29, 0.717) is 11.5 Å². The van der Waals surface area contributed by atoms with Crippen LogP contribution in [0.5, 0.6) is 0 Å². The molecule has 3 aromatic rings. The summed E-state index contributed by atoms with van der Waals surface area (Å²) < 4.78 is 28.3. The Kier molecular flexibility index (Phi) is 5.81. The number of imidazole rings is 1. The molecule has 0 aliphatic carbocycles. The van der Waals surface area contributed by atoms with Gasteiger partial charge in [-0.05, 0) is 32.0 Å². The zero-order valence-electron chi connectivity index (χ0n) is 15.1. The van der Waals surface area contributed by atoms with Gasteiger partial charge in [-0.2, -0.15) is 0 Å². The SMILES string of the molecule is CCN(CC)c1cc(-n2cnc3ccc(NS(=O)(=O)CCCl)cc32)ncn1. The predicted molar refractivity (Wildman–Crippen MR) is 108 cm³/mol. The molecule has 0 saturated heterocycles. The van der Waals surface area contributed by atoms with Gasteiger partial charge in [-0.15, -0.1) is 11.6 Å². The van der Waals surface area contributed by atoms with Crippen LogP contribution in [0, 0.1) is 0 Å². The van der Waals surface area contributed by atoms with Crippen molar-refractivity contribution in [1.29, 1.82) is 0 Å². The number of aromatic nitrogens is 4. The Morgan fingerprint density at radius 3 is 2.63 bits per heavy atom. The Bertz CT molecular complexity index is 1030. The molecule has 0 amide bonds. The highest BCUT2D eigenvalue weighted by atomic mass is 35.5. The molecule has 0 spiro atoms. The minimum Gasteiger partial charge on any atom is -0.357 e. The van der Waals surface area contributed by atoms with Crippen LogP contribution < -0.4 is 9.62 Å². The van der Waals surface area contributed by atoms with Gasteiger partial charge in [0.25, 0.3) is 0 Å². The van der Waals surface area contributed by atoms with Crippen molar-refractivity contribution in [2.75, 3.05) is 34.3 Å². The van der Waals surface area contributed by atoms with E-state index >= 15 is 0 Å². The van der Waals surface area contributed by atoms with E-state index in [2.05, 4.69) is 38.4 Å². The molecule has 1 aromatic carbocycles. The van der Waals surface area contributed by atoms with Crippen molar-refractivity contribution in [2.45, 2.75) is 13.8 Å². The van der Waals surface area contributed by atoms with E-state index < -0.39 is 10.0 Å². The van der Waals surface area contributed by atoms with Crippen molar-refractivity contribution in [3.63, 3.8) is 0 Å². The zero-order chi connectivity index (χ0) is 19.4. The third-order valence-electron chi connectivity index (χ3n) is 4.14. The Labute approximate surface area is 163 Å². The minimum atomic E-state index is -3.48. The smallest absolute Gasteiger partial charge is 0.233 e. The largest absolute Gasteiger partial charge is 0.357 e. The van der Waals surface area contributed by atoms with Crippen molar-refractivity contribution in [2.24, 2.45) is 0 Å². The van der Waals surface area contributed by atoms with E-state index in [1.54, 1.807) is 24.5 Å². The maximum absolute atomic E-state index is 12.0. The highest BCUT2D eigenvalue weighted by molar-refractivity contribution is 7.92. The lowest BCUT2D eigenvalue weighted by Crippen LogP contribution is -2.23. The number of fused-ring (bicyclic) bond motifs is 1. The fourth-order valence-electron chi connectivity index (χ4n) is 2.78. The summed E-state index contributed by atoms with van der Waals surface area (Å²) in [5.41, 5.74) is 1.93. The van der Waals surface area contributed by atoms with E-state index in [1.807, 2.05) is 10.6 Å². The van der Waals surface area contributed by atoms with Crippen molar-refractivity contribution in [3.05, 3.63) is 36.9 Å². The van der Waals surface area contributed by atoms with E-state index in [0.717, 1.165) is 29.9 Å². The highest BCUT2D eigenvalue weighted by Crippen LogP contribution is 2.23. The third-order valence-corrected chi connectivity index (χ3v) is 5.84. The lowest BCUT2D eigenvalue weighted by molar-refractivity contribution is 0.602. The molecule has 0 atom stereocenters. The maximum Gasteiger partial charge on any atom is 0.233 e. The first kappa shape index (κ1) is 19.4. The third kappa shape index (κ3) is 4.30. The summed E-state index contributed by atoms with van der Waals surface area (Å²) >= 11 is 5.55. The average molecular weight is 409 g/mol. The molecule has 0 aliphatic heterocycles. The molecule has 0 unspecified atom stereocenters. The Morgan fingerprint density at radius 2 is 1.93 bits per heavy atom. The molecule has 10 heteroatoms. The van der Waals surface area contributed by atoms with Gasteiger partial charge in [0.05, 0.1) is 22.5 Å².